The van der Waals surface area contributed by atoms with Crippen LogP contribution in [0.15, 0.2) is 72.8 Å². The Balaban J connectivity index is 1.33. The van der Waals surface area contributed by atoms with Crippen LogP contribution >= 0.6 is 11.8 Å². The molecule has 0 radical (unpaired) electrons. The Labute approximate surface area is 268 Å². The van der Waals surface area contributed by atoms with Gasteiger partial charge in [0, 0.05) is 17.9 Å². The Hall–Kier alpha value is -4.33. The summed E-state index contributed by atoms with van der Waals surface area (Å²) in [4.78, 5) is 50.1. The predicted octanol–water partition coefficient (Wildman–Crippen LogP) is 3.78. The van der Waals surface area contributed by atoms with E-state index in [4.69, 9.17) is 15.6 Å². The maximum absolute atomic E-state index is 13.6. The van der Waals surface area contributed by atoms with Gasteiger partial charge in [-0.3, -0.25) is 19.2 Å². The molecule has 0 saturated carbocycles. The van der Waals surface area contributed by atoms with E-state index in [1.165, 1.54) is 60.3 Å². The molecule has 0 aromatic heterocycles. The third-order valence-corrected chi connectivity index (χ3v) is 9.02. The zero-order valence-electron chi connectivity index (χ0n) is 25.0. The number of carboxylic acids is 1. The zero-order valence-corrected chi connectivity index (χ0v) is 25.8. The number of hydrogen-bond acceptors (Lipinski definition) is 8. The van der Waals surface area contributed by atoms with Gasteiger partial charge in [-0.05, 0) is 72.0 Å². The molecule has 1 unspecified atom stereocenters. The summed E-state index contributed by atoms with van der Waals surface area (Å²) in [7, 11) is 0. The van der Waals surface area contributed by atoms with Crippen molar-refractivity contribution in [3.8, 4) is 5.75 Å². The Morgan fingerprint density at radius 1 is 1.00 bits per heavy atom. The highest BCUT2D eigenvalue weighted by molar-refractivity contribution is 8.00. The maximum atomic E-state index is 13.6. The molecule has 244 valence electrons. The summed E-state index contributed by atoms with van der Waals surface area (Å²) in [5, 5.41) is 21.5. The van der Waals surface area contributed by atoms with E-state index in [0.29, 0.717) is 17.0 Å². The Morgan fingerprint density at radius 2 is 1.61 bits per heavy atom. The van der Waals surface area contributed by atoms with Crippen molar-refractivity contribution >= 4 is 41.0 Å². The second-order valence-corrected chi connectivity index (χ2v) is 12.2. The summed E-state index contributed by atoms with van der Waals surface area (Å²) in [5.74, 6) is -2.83. The first-order valence-corrected chi connectivity index (χ1v) is 15.6. The Morgan fingerprint density at radius 3 is 2.22 bits per heavy atom. The van der Waals surface area contributed by atoms with Crippen molar-refractivity contribution in [3.05, 3.63) is 95.6 Å². The molecule has 0 bridgehead atoms. The second kappa shape index (κ2) is 15.8. The molecular formula is C33H35F2N3O7S. The predicted molar refractivity (Wildman–Crippen MR) is 168 cm³/mol. The molecular weight excluding hydrogens is 620 g/mol. The number of nitrogens with zero attached hydrogens (tertiary/aromatic N) is 1. The molecule has 1 fully saturated rings. The summed E-state index contributed by atoms with van der Waals surface area (Å²) >= 11 is 1.26. The second-order valence-electron chi connectivity index (χ2n) is 11.0. The van der Waals surface area contributed by atoms with Gasteiger partial charge in [0.15, 0.2) is 12.4 Å². The lowest BCUT2D eigenvalue weighted by Crippen LogP contribution is -2.57. The molecule has 46 heavy (non-hydrogen) atoms. The van der Waals surface area contributed by atoms with Gasteiger partial charge in [-0.2, -0.15) is 0 Å². The average Bonchev–Trinajstić information content (AvgIpc) is 3.05. The highest BCUT2D eigenvalue weighted by atomic mass is 32.2. The quantitative estimate of drug-likeness (QED) is 0.169. The molecule has 1 aliphatic rings. The molecule has 2 amide bonds. The van der Waals surface area contributed by atoms with E-state index in [-0.39, 0.29) is 43.4 Å². The van der Waals surface area contributed by atoms with Gasteiger partial charge in [0.2, 0.25) is 5.91 Å². The molecule has 1 saturated heterocycles. The van der Waals surface area contributed by atoms with E-state index in [2.05, 4.69) is 5.32 Å². The molecule has 0 spiro atoms. The molecule has 5 N–H and O–H groups in total. The first kappa shape index (κ1) is 34.5. The Kier molecular flexibility index (Phi) is 11.9. The van der Waals surface area contributed by atoms with E-state index >= 15 is 0 Å². The van der Waals surface area contributed by atoms with Crippen LogP contribution in [0.2, 0.25) is 0 Å². The van der Waals surface area contributed by atoms with Gasteiger partial charge < -0.3 is 30.9 Å². The van der Waals surface area contributed by atoms with Crippen molar-refractivity contribution in [2.75, 3.05) is 23.8 Å². The molecule has 3 aromatic rings. The Bertz CT molecular complexity index is 1520. The number of carbonyl (C=O) groups excluding carboxylic acids is 3. The van der Waals surface area contributed by atoms with Gasteiger partial charge in [-0.25, -0.2) is 8.78 Å². The number of nitrogens with one attached hydrogen (secondary N) is 1. The van der Waals surface area contributed by atoms with E-state index in [0.717, 1.165) is 5.56 Å². The lowest BCUT2D eigenvalue weighted by atomic mass is 9.92. The number of aliphatic hydroxyl groups excluding tert-OH is 1. The van der Waals surface area contributed by atoms with Crippen LogP contribution in [-0.2, 0) is 19.2 Å². The number of halogens is 2. The lowest BCUT2D eigenvalue weighted by molar-refractivity contribution is -0.140. The van der Waals surface area contributed by atoms with Crippen LogP contribution in [0.4, 0.5) is 14.5 Å². The molecule has 10 nitrogen and oxygen atoms in total. The van der Waals surface area contributed by atoms with Crippen molar-refractivity contribution in [3.63, 3.8) is 0 Å². The molecule has 4 rings (SSSR count). The molecule has 3 aromatic carbocycles. The number of benzene rings is 3. The molecule has 0 aliphatic carbocycles. The van der Waals surface area contributed by atoms with Crippen molar-refractivity contribution in [1.82, 2.24) is 5.32 Å². The number of hydrogen-bond donors (Lipinski definition) is 4. The summed E-state index contributed by atoms with van der Waals surface area (Å²) in [6.07, 6.45) is -0.562. The summed E-state index contributed by atoms with van der Waals surface area (Å²) in [5.41, 5.74) is 7.34. The van der Waals surface area contributed by atoms with Crippen LogP contribution in [0.1, 0.15) is 43.0 Å². The van der Waals surface area contributed by atoms with E-state index in [1.54, 1.807) is 36.1 Å². The molecule has 1 aliphatic heterocycles. The number of amides is 2. The minimum absolute atomic E-state index is 0.0772. The number of carbonyl (C=O) groups is 4. The van der Waals surface area contributed by atoms with Crippen LogP contribution in [0.5, 0.6) is 5.75 Å². The summed E-state index contributed by atoms with van der Waals surface area (Å²) in [6, 6.07) is 16.3. The largest absolute Gasteiger partial charge is 0.484 e. The fourth-order valence-electron chi connectivity index (χ4n) is 4.87. The van der Waals surface area contributed by atoms with Crippen molar-refractivity contribution in [2.45, 2.75) is 43.2 Å². The SMILES string of the molecule is C[C@@H](CCC(=O)CNC(=O)COc1ccc([C@@H]2[C@@H](SCC(O)c3ccc(F)cc3)C(=O)N2c2ccc(F)cc2)cc1)[C@H](N)C(=O)O. The van der Waals surface area contributed by atoms with Crippen LogP contribution in [-0.4, -0.2) is 64.0 Å². The minimum Gasteiger partial charge on any atom is -0.484 e. The number of ketones is 1. The standard InChI is InChI=1S/C33H35F2N3O7S/c1-19(29(36)33(43)44)2-13-25(39)16-37-28(41)17-45-26-14-5-21(6-15-26)30-31(32(42)38(30)24-11-9-23(35)10-12-24)46-18-27(40)20-3-7-22(34)8-4-20/h3-12,14-15,19,27,29-31,40H,2,13,16-18,36H2,1H3,(H,37,41)(H,43,44)/t19-,27?,29-,30+,31+/m0/s1. The highest BCUT2D eigenvalue weighted by Gasteiger charge is 2.49. The summed E-state index contributed by atoms with van der Waals surface area (Å²) in [6.45, 7) is 1.07. The molecule has 13 heteroatoms. The number of carboxylic acid groups (broad SMARTS) is 1. The topological polar surface area (TPSA) is 159 Å². The smallest absolute Gasteiger partial charge is 0.320 e. The van der Waals surface area contributed by atoms with E-state index in [1.807, 2.05) is 0 Å². The number of Topliss-reactive ketones (excluding diaryl/α,β-unsaturated/α-hetero) is 1. The van der Waals surface area contributed by atoms with Crippen molar-refractivity contribution in [2.24, 2.45) is 11.7 Å². The number of aliphatic carboxylic acids is 1. The van der Waals surface area contributed by atoms with Gasteiger partial charge in [0.1, 0.15) is 28.7 Å². The van der Waals surface area contributed by atoms with Gasteiger partial charge in [0.25, 0.3) is 5.91 Å². The van der Waals surface area contributed by atoms with Crippen LogP contribution in [0, 0.1) is 17.6 Å². The summed E-state index contributed by atoms with van der Waals surface area (Å²) < 4.78 is 32.5. The van der Waals surface area contributed by atoms with E-state index in [9.17, 15) is 33.1 Å². The van der Waals surface area contributed by atoms with Crippen LogP contribution in [0.3, 0.4) is 0 Å². The lowest BCUT2D eigenvalue weighted by Gasteiger charge is -2.47. The van der Waals surface area contributed by atoms with E-state index < -0.39 is 52.9 Å². The van der Waals surface area contributed by atoms with Crippen molar-refractivity contribution in [1.29, 1.82) is 0 Å². The van der Waals surface area contributed by atoms with Gasteiger partial charge >= 0.3 is 5.97 Å². The highest BCUT2D eigenvalue weighted by Crippen LogP contribution is 2.46. The first-order chi connectivity index (χ1) is 21.9. The molecule has 5 atom stereocenters. The number of nitrogens with two attached hydrogens (primary N) is 1. The number of rotatable bonds is 16. The number of thioether (sulfide) groups is 1. The van der Waals surface area contributed by atoms with Crippen molar-refractivity contribution < 1.29 is 42.9 Å². The average molecular weight is 656 g/mol. The zero-order chi connectivity index (χ0) is 33.4. The van der Waals surface area contributed by atoms with Crippen LogP contribution in [0.25, 0.3) is 0 Å². The van der Waals surface area contributed by atoms with Gasteiger partial charge in [-0.15, -0.1) is 11.8 Å². The fraction of sp³-hybridized carbons (Fsp3) is 0.333. The fourth-order valence-corrected chi connectivity index (χ4v) is 6.17. The monoisotopic (exact) mass is 655 g/mol. The number of anilines is 1. The number of β-lactam (4-membered cyclic amide) rings is 1. The third-order valence-electron chi connectivity index (χ3n) is 7.69. The van der Waals surface area contributed by atoms with Gasteiger partial charge in [0.05, 0.1) is 18.7 Å². The third kappa shape index (κ3) is 8.89. The maximum Gasteiger partial charge on any atom is 0.320 e. The first-order valence-electron chi connectivity index (χ1n) is 14.6. The number of aliphatic hydroxyl groups is 1. The van der Waals surface area contributed by atoms with Crippen LogP contribution < -0.4 is 20.7 Å². The normalized spacial score (nSPS) is 17.8. The number of ether oxygens (including phenoxy) is 1. The molecule has 1 heterocycles. The minimum atomic E-state index is -1.14. The van der Waals surface area contributed by atoms with Gasteiger partial charge in [-0.1, -0.05) is 31.2 Å².